The number of benzene rings is 2. The van der Waals surface area contributed by atoms with Gasteiger partial charge in [-0.2, -0.15) is 0 Å². The van der Waals surface area contributed by atoms with E-state index in [1.807, 2.05) is 31.2 Å². The number of para-hydroxylation sites is 1. The van der Waals surface area contributed by atoms with E-state index in [4.69, 9.17) is 0 Å². The molecule has 7 nitrogen and oxygen atoms in total. The molecule has 0 heterocycles. The summed E-state index contributed by atoms with van der Waals surface area (Å²) in [6.45, 7) is 1.94. The number of nitro groups is 1. The lowest BCUT2D eigenvalue weighted by molar-refractivity contribution is -0.384. The summed E-state index contributed by atoms with van der Waals surface area (Å²) in [6.07, 6.45) is 0.874. The second kappa shape index (κ2) is 8.75. The Morgan fingerprint density at radius 1 is 1.12 bits per heavy atom. The third-order valence-corrected chi connectivity index (χ3v) is 3.98. The fourth-order valence-electron chi connectivity index (χ4n) is 2.49. The van der Waals surface area contributed by atoms with Crippen LogP contribution in [0.2, 0.25) is 0 Å². The number of likely N-dealkylation sites (N-methyl/N-ethyl adjacent to an activating group) is 1. The van der Waals surface area contributed by atoms with Gasteiger partial charge in [-0.1, -0.05) is 37.3 Å². The van der Waals surface area contributed by atoms with E-state index >= 15 is 0 Å². The number of hydrogen-bond acceptors (Lipinski definition) is 4. The quantitative estimate of drug-likeness (QED) is 0.610. The van der Waals surface area contributed by atoms with Crippen LogP contribution in [0.4, 0.5) is 11.4 Å². The van der Waals surface area contributed by atoms with Gasteiger partial charge in [0.15, 0.2) is 0 Å². The highest BCUT2D eigenvalue weighted by atomic mass is 16.6. The summed E-state index contributed by atoms with van der Waals surface area (Å²) in [5.74, 6) is -0.511. The Morgan fingerprint density at radius 2 is 1.77 bits per heavy atom. The molecular weight excluding hydrogens is 334 g/mol. The minimum Gasteiger partial charge on any atom is -0.336 e. The monoisotopic (exact) mass is 355 g/mol. The van der Waals surface area contributed by atoms with Gasteiger partial charge in [-0.05, 0) is 23.6 Å². The zero-order valence-corrected chi connectivity index (χ0v) is 14.8. The molecule has 7 heteroatoms. The molecule has 0 saturated carbocycles. The maximum atomic E-state index is 12.3. The van der Waals surface area contributed by atoms with Gasteiger partial charge in [-0.25, -0.2) is 0 Å². The molecule has 0 fully saturated rings. The van der Waals surface area contributed by atoms with E-state index in [0.717, 1.165) is 17.7 Å². The zero-order valence-electron chi connectivity index (χ0n) is 14.8. The number of nitro benzene ring substituents is 1. The number of hydrogen-bond donors (Lipinski definition) is 1. The predicted molar refractivity (Wildman–Crippen MR) is 98.9 cm³/mol. The summed E-state index contributed by atoms with van der Waals surface area (Å²) in [5, 5.41) is 13.5. The lowest BCUT2D eigenvalue weighted by Gasteiger charge is -2.17. The van der Waals surface area contributed by atoms with Gasteiger partial charge in [0.1, 0.15) is 0 Å². The number of carbonyl (C=O) groups is 2. The van der Waals surface area contributed by atoms with E-state index in [-0.39, 0.29) is 30.5 Å². The number of nitrogens with one attached hydrogen (secondary N) is 1. The van der Waals surface area contributed by atoms with Crippen molar-refractivity contribution in [3.63, 3.8) is 0 Å². The SMILES string of the molecule is CCc1ccccc1NC(=O)CN(C)C(=O)Cc1ccc([N+](=O)[O-])cc1. The smallest absolute Gasteiger partial charge is 0.269 e. The normalized spacial score (nSPS) is 10.2. The molecule has 136 valence electrons. The van der Waals surface area contributed by atoms with Crippen molar-refractivity contribution in [2.75, 3.05) is 18.9 Å². The van der Waals surface area contributed by atoms with Crippen molar-refractivity contribution < 1.29 is 14.5 Å². The molecule has 1 N–H and O–H groups in total. The second-order valence-corrected chi connectivity index (χ2v) is 5.91. The molecular formula is C19H21N3O4. The third kappa shape index (κ3) is 5.14. The maximum absolute atomic E-state index is 12.3. The van der Waals surface area contributed by atoms with Gasteiger partial charge in [0.2, 0.25) is 11.8 Å². The molecule has 0 saturated heterocycles. The van der Waals surface area contributed by atoms with Gasteiger partial charge in [0.25, 0.3) is 5.69 Å². The maximum Gasteiger partial charge on any atom is 0.269 e. The molecule has 0 aliphatic rings. The van der Waals surface area contributed by atoms with Crippen molar-refractivity contribution in [3.05, 3.63) is 69.8 Å². The Labute approximate surface area is 151 Å². The minimum absolute atomic E-state index is 0.0245. The van der Waals surface area contributed by atoms with Crippen LogP contribution in [0.1, 0.15) is 18.1 Å². The first-order valence-electron chi connectivity index (χ1n) is 8.25. The standard InChI is InChI=1S/C19H21N3O4/c1-3-15-6-4-5-7-17(15)20-18(23)13-21(2)19(24)12-14-8-10-16(11-9-14)22(25)26/h4-11H,3,12-13H2,1-2H3,(H,20,23). The fourth-order valence-corrected chi connectivity index (χ4v) is 2.49. The van der Waals surface area contributed by atoms with E-state index in [1.165, 1.54) is 17.0 Å². The molecule has 0 aliphatic heterocycles. The molecule has 0 atom stereocenters. The van der Waals surface area contributed by atoms with Crippen LogP contribution in [0.3, 0.4) is 0 Å². The average molecular weight is 355 g/mol. The molecule has 2 aromatic rings. The third-order valence-electron chi connectivity index (χ3n) is 3.98. The first-order chi connectivity index (χ1) is 12.4. The highest BCUT2D eigenvalue weighted by Gasteiger charge is 2.15. The number of aryl methyl sites for hydroxylation is 1. The van der Waals surface area contributed by atoms with E-state index in [0.29, 0.717) is 5.56 Å². The van der Waals surface area contributed by atoms with Gasteiger partial charge < -0.3 is 10.2 Å². The first kappa shape index (κ1) is 19.1. The van der Waals surface area contributed by atoms with Gasteiger partial charge in [0.05, 0.1) is 17.9 Å². The van der Waals surface area contributed by atoms with Gasteiger partial charge in [-0.15, -0.1) is 0 Å². The summed E-state index contributed by atoms with van der Waals surface area (Å²) >= 11 is 0. The Kier molecular flexibility index (Phi) is 6.43. The van der Waals surface area contributed by atoms with Gasteiger partial charge in [-0.3, -0.25) is 19.7 Å². The molecule has 0 aliphatic carbocycles. The Balaban J connectivity index is 1.91. The number of anilines is 1. The Morgan fingerprint density at radius 3 is 2.38 bits per heavy atom. The van der Waals surface area contributed by atoms with Gasteiger partial charge >= 0.3 is 0 Å². The van der Waals surface area contributed by atoms with Crippen molar-refractivity contribution in [2.45, 2.75) is 19.8 Å². The number of carbonyl (C=O) groups excluding carboxylic acids is 2. The molecule has 2 aromatic carbocycles. The topological polar surface area (TPSA) is 92.6 Å². The fraction of sp³-hybridized carbons (Fsp3) is 0.263. The average Bonchev–Trinajstić information content (AvgIpc) is 2.62. The van der Waals surface area contributed by atoms with Crippen LogP contribution in [-0.2, 0) is 22.4 Å². The van der Waals surface area contributed by atoms with E-state index < -0.39 is 4.92 Å². The molecule has 0 bridgehead atoms. The molecule has 26 heavy (non-hydrogen) atoms. The summed E-state index contributed by atoms with van der Waals surface area (Å²) < 4.78 is 0. The van der Waals surface area contributed by atoms with Crippen molar-refractivity contribution in [1.82, 2.24) is 4.90 Å². The van der Waals surface area contributed by atoms with Crippen LogP contribution < -0.4 is 5.32 Å². The van der Waals surface area contributed by atoms with Crippen molar-refractivity contribution in [3.8, 4) is 0 Å². The van der Waals surface area contributed by atoms with Crippen molar-refractivity contribution >= 4 is 23.2 Å². The lowest BCUT2D eigenvalue weighted by Crippen LogP contribution is -2.35. The Bertz CT molecular complexity index is 803. The molecule has 2 amide bonds. The number of rotatable bonds is 7. The number of non-ortho nitro benzene ring substituents is 1. The largest absolute Gasteiger partial charge is 0.336 e. The van der Waals surface area contributed by atoms with Crippen LogP contribution in [0.5, 0.6) is 0 Å². The van der Waals surface area contributed by atoms with E-state index in [2.05, 4.69) is 5.32 Å². The summed E-state index contributed by atoms with van der Waals surface area (Å²) in [4.78, 5) is 35.9. The summed E-state index contributed by atoms with van der Waals surface area (Å²) in [5.41, 5.74) is 2.41. The Hall–Kier alpha value is -3.22. The zero-order chi connectivity index (χ0) is 19.1. The van der Waals surface area contributed by atoms with E-state index in [9.17, 15) is 19.7 Å². The number of amides is 2. The molecule has 0 aromatic heterocycles. The first-order valence-corrected chi connectivity index (χ1v) is 8.25. The predicted octanol–water partition coefficient (Wildman–Crippen LogP) is 2.80. The summed E-state index contributed by atoms with van der Waals surface area (Å²) in [7, 11) is 1.55. The van der Waals surface area contributed by atoms with Crippen molar-refractivity contribution in [2.24, 2.45) is 0 Å². The molecule has 0 spiro atoms. The molecule has 0 unspecified atom stereocenters. The van der Waals surface area contributed by atoms with E-state index in [1.54, 1.807) is 19.2 Å². The van der Waals surface area contributed by atoms with Crippen LogP contribution >= 0.6 is 0 Å². The molecule has 2 rings (SSSR count). The highest BCUT2D eigenvalue weighted by Crippen LogP contribution is 2.15. The minimum atomic E-state index is -0.490. The summed E-state index contributed by atoms with van der Waals surface area (Å²) in [6, 6.07) is 13.3. The molecule has 0 radical (unpaired) electrons. The van der Waals surface area contributed by atoms with Crippen LogP contribution in [0.15, 0.2) is 48.5 Å². The van der Waals surface area contributed by atoms with Crippen molar-refractivity contribution in [1.29, 1.82) is 0 Å². The van der Waals surface area contributed by atoms with Gasteiger partial charge in [0, 0.05) is 24.9 Å². The second-order valence-electron chi connectivity index (χ2n) is 5.91. The van der Waals surface area contributed by atoms with Crippen LogP contribution in [-0.4, -0.2) is 35.2 Å². The number of nitrogens with zero attached hydrogens (tertiary/aromatic N) is 2. The van der Waals surface area contributed by atoms with Crippen LogP contribution in [0.25, 0.3) is 0 Å². The lowest BCUT2D eigenvalue weighted by atomic mass is 10.1. The highest BCUT2D eigenvalue weighted by molar-refractivity contribution is 5.95. The van der Waals surface area contributed by atoms with Crippen LogP contribution in [0, 0.1) is 10.1 Å².